The quantitative estimate of drug-likeness (QED) is 0.714. The van der Waals surface area contributed by atoms with Crippen molar-refractivity contribution in [1.82, 2.24) is 20.2 Å². The molecule has 1 amide bonds. The maximum atomic E-state index is 13.3. The summed E-state index contributed by atoms with van der Waals surface area (Å²) in [5.74, 6) is -0.390. The van der Waals surface area contributed by atoms with Crippen molar-refractivity contribution in [3.63, 3.8) is 0 Å². The van der Waals surface area contributed by atoms with E-state index in [4.69, 9.17) is 0 Å². The Labute approximate surface area is 170 Å². The van der Waals surface area contributed by atoms with Crippen molar-refractivity contribution in [1.29, 1.82) is 0 Å². The molecule has 0 aliphatic carbocycles. The Morgan fingerprint density at radius 1 is 1.03 bits per heavy atom. The lowest BCUT2D eigenvalue weighted by atomic mass is 10.0. The van der Waals surface area contributed by atoms with E-state index in [-0.39, 0.29) is 17.8 Å². The van der Waals surface area contributed by atoms with E-state index in [1.807, 2.05) is 19.9 Å². The molecular formula is C23H25FN4O. The number of halogens is 1. The molecule has 150 valence electrons. The highest BCUT2D eigenvalue weighted by Crippen LogP contribution is 2.25. The van der Waals surface area contributed by atoms with Gasteiger partial charge in [-0.2, -0.15) is 0 Å². The SMILES string of the molecule is Cc1nc2ccc(C(=O)NCC(c3ccc(F)cc3)N3CCCC3)cc2nc1C. The minimum atomic E-state index is -0.249. The highest BCUT2D eigenvalue weighted by Gasteiger charge is 2.24. The predicted molar refractivity (Wildman–Crippen MR) is 111 cm³/mol. The first-order valence-corrected chi connectivity index (χ1v) is 10.0. The summed E-state index contributed by atoms with van der Waals surface area (Å²) in [6.07, 6.45) is 2.29. The van der Waals surface area contributed by atoms with Crippen LogP contribution < -0.4 is 5.32 Å². The lowest BCUT2D eigenvalue weighted by molar-refractivity contribution is 0.0938. The molecule has 6 heteroatoms. The van der Waals surface area contributed by atoms with Crippen molar-refractivity contribution in [2.75, 3.05) is 19.6 Å². The summed E-state index contributed by atoms with van der Waals surface area (Å²) in [5.41, 5.74) is 4.84. The Balaban J connectivity index is 1.52. The highest BCUT2D eigenvalue weighted by molar-refractivity contribution is 5.97. The number of carbonyl (C=O) groups excluding carboxylic acids is 1. The monoisotopic (exact) mass is 392 g/mol. The fraction of sp³-hybridized carbons (Fsp3) is 0.348. The third-order valence-corrected chi connectivity index (χ3v) is 5.63. The number of amides is 1. The number of nitrogens with one attached hydrogen (secondary N) is 1. The van der Waals surface area contributed by atoms with Crippen LogP contribution in [0, 0.1) is 19.7 Å². The summed E-state index contributed by atoms with van der Waals surface area (Å²) in [6.45, 7) is 6.29. The van der Waals surface area contributed by atoms with Crippen LogP contribution in [0.25, 0.3) is 11.0 Å². The van der Waals surface area contributed by atoms with Crippen LogP contribution in [0.1, 0.15) is 46.2 Å². The van der Waals surface area contributed by atoms with Crippen molar-refractivity contribution in [2.24, 2.45) is 0 Å². The van der Waals surface area contributed by atoms with Crippen LogP contribution in [-0.2, 0) is 0 Å². The molecule has 1 aliphatic rings. The molecule has 1 aromatic heterocycles. The predicted octanol–water partition coefficient (Wildman–Crippen LogP) is 3.95. The molecule has 4 rings (SSSR count). The average molecular weight is 392 g/mol. The molecule has 2 aromatic carbocycles. The Kier molecular flexibility index (Phi) is 5.53. The molecule has 0 spiro atoms. The summed E-state index contributed by atoms with van der Waals surface area (Å²) in [6, 6.07) is 12.0. The number of carbonyl (C=O) groups is 1. The second-order valence-electron chi connectivity index (χ2n) is 7.62. The number of benzene rings is 2. The van der Waals surface area contributed by atoms with E-state index < -0.39 is 0 Å². The number of fused-ring (bicyclic) bond motifs is 1. The first-order valence-electron chi connectivity index (χ1n) is 10.0. The van der Waals surface area contributed by atoms with Gasteiger partial charge in [-0.05, 0) is 75.7 Å². The molecule has 0 radical (unpaired) electrons. The van der Waals surface area contributed by atoms with Gasteiger partial charge in [-0.15, -0.1) is 0 Å². The Bertz CT molecular complexity index is 1030. The van der Waals surface area contributed by atoms with Crippen LogP contribution in [0.2, 0.25) is 0 Å². The lowest BCUT2D eigenvalue weighted by Crippen LogP contribution is -2.36. The standard InChI is InChI=1S/C23H25FN4O/c1-15-16(2)27-21-13-18(7-10-20(21)26-15)23(29)25-14-22(28-11-3-4-12-28)17-5-8-19(24)9-6-17/h5-10,13,22H,3-4,11-12,14H2,1-2H3,(H,25,29). The van der Waals surface area contributed by atoms with Gasteiger partial charge in [0.05, 0.1) is 28.5 Å². The summed E-state index contributed by atoms with van der Waals surface area (Å²) in [7, 11) is 0. The largest absolute Gasteiger partial charge is 0.350 e. The number of likely N-dealkylation sites (tertiary alicyclic amines) is 1. The number of aryl methyl sites for hydroxylation is 2. The zero-order valence-electron chi connectivity index (χ0n) is 16.8. The van der Waals surface area contributed by atoms with E-state index in [0.29, 0.717) is 12.1 Å². The van der Waals surface area contributed by atoms with Gasteiger partial charge in [0, 0.05) is 12.1 Å². The van der Waals surface area contributed by atoms with Crippen molar-refractivity contribution in [3.05, 3.63) is 70.8 Å². The van der Waals surface area contributed by atoms with E-state index in [1.165, 1.54) is 12.1 Å². The van der Waals surface area contributed by atoms with Crippen LogP contribution in [0.5, 0.6) is 0 Å². The molecule has 0 bridgehead atoms. The van der Waals surface area contributed by atoms with E-state index >= 15 is 0 Å². The van der Waals surface area contributed by atoms with Crippen molar-refractivity contribution >= 4 is 16.9 Å². The van der Waals surface area contributed by atoms with Gasteiger partial charge in [-0.25, -0.2) is 14.4 Å². The molecule has 5 nitrogen and oxygen atoms in total. The molecule has 1 unspecified atom stereocenters. The molecule has 1 saturated heterocycles. The zero-order chi connectivity index (χ0) is 20.4. The molecule has 29 heavy (non-hydrogen) atoms. The maximum absolute atomic E-state index is 13.3. The van der Waals surface area contributed by atoms with Gasteiger partial charge in [-0.1, -0.05) is 12.1 Å². The van der Waals surface area contributed by atoms with Crippen molar-refractivity contribution in [3.8, 4) is 0 Å². The molecule has 1 N–H and O–H groups in total. The van der Waals surface area contributed by atoms with Gasteiger partial charge in [0.1, 0.15) is 5.82 Å². The van der Waals surface area contributed by atoms with Gasteiger partial charge >= 0.3 is 0 Å². The average Bonchev–Trinajstić information content (AvgIpc) is 3.24. The number of rotatable bonds is 5. The zero-order valence-corrected chi connectivity index (χ0v) is 16.8. The number of nitrogens with zero attached hydrogens (tertiary/aromatic N) is 3. The summed E-state index contributed by atoms with van der Waals surface area (Å²) >= 11 is 0. The van der Waals surface area contributed by atoms with Crippen LogP contribution in [0.3, 0.4) is 0 Å². The van der Waals surface area contributed by atoms with Crippen molar-refractivity contribution < 1.29 is 9.18 Å². The first-order chi connectivity index (χ1) is 14.0. The molecule has 1 aliphatic heterocycles. The Morgan fingerprint density at radius 3 is 2.38 bits per heavy atom. The Morgan fingerprint density at radius 2 is 1.69 bits per heavy atom. The van der Waals surface area contributed by atoms with Gasteiger partial charge in [0.25, 0.3) is 5.91 Å². The van der Waals surface area contributed by atoms with Crippen LogP contribution in [0.15, 0.2) is 42.5 Å². The molecule has 3 aromatic rings. The fourth-order valence-corrected chi connectivity index (χ4v) is 3.86. The van der Waals surface area contributed by atoms with E-state index in [2.05, 4.69) is 20.2 Å². The lowest BCUT2D eigenvalue weighted by Gasteiger charge is -2.28. The molecular weight excluding hydrogens is 367 g/mol. The van der Waals surface area contributed by atoms with E-state index in [9.17, 15) is 9.18 Å². The van der Waals surface area contributed by atoms with E-state index in [1.54, 1.807) is 24.3 Å². The van der Waals surface area contributed by atoms with Crippen molar-refractivity contribution in [2.45, 2.75) is 32.7 Å². The smallest absolute Gasteiger partial charge is 0.251 e. The van der Waals surface area contributed by atoms with Gasteiger partial charge in [0.15, 0.2) is 0 Å². The summed E-state index contributed by atoms with van der Waals surface area (Å²) < 4.78 is 13.3. The normalized spacial score (nSPS) is 15.6. The van der Waals surface area contributed by atoms with Gasteiger partial charge in [-0.3, -0.25) is 9.69 Å². The fourth-order valence-electron chi connectivity index (χ4n) is 3.86. The summed E-state index contributed by atoms with van der Waals surface area (Å²) in [5, 5.41) is 3.06. The molecule has 1 fully saturated rings. The van der Waals surface area contributed by atoms with Gasteiger partial charge in [0.2, 0.25) is 0 Å². The Hall–Kier alpha value is -2.86. The number of aromatic nitrogens is 2. The topological polar surface area (TPSA) is 58.1 Å². The first kappa shape index (κ1) is 19.5. The third-order valence-electron chi connectivity index (χ3n) is 5.63. The van der Waals surface area contributed by atoms with Gasteiger partial charge < -0.3 is 5.32 Å². The second kappa shape index (κ2) is 8.25. The molecule has 1 atom stereocenters. The third kappa shape index (κ3) is 4.27. The number of hydrogen-bond acceptors (Lipinski definition) is 4. The maximum Gasteiger partial charge on any atom is 0.251 e. The second-order valence-corrected chi connectivity index (χ2v) is 7.62. The molecule has 0 saturated carbocycles. The summed E-state index contributed by atoms with van der Waals surface area (Å²) in [4.78, 5) is 24.2. The molecule has 2 heterocycles. The van der Waals surface area contributed by atoms with Crippen LogP contribution in [-0.4, -0.2) is 40.4 Å². The van der Waals surface area contributed by atoms with Crippen LogP contribution >= 0.6 is 0 Å². The van der Waals surface area contributed by atoms with Crippen LogP contribution in [0.4, 0.5) is 4.39 Å². The minimum Gasteiger partial charge on any atom is -0.350 e. The minimum absolute atomic E-state index is 0.0344. The van der Waals surface area contributed by atoms with E-state index in [0.717, 1.165) is 53.9 Å². The number of hydrogen-bond donors (Lipinski definition) is 1. The highest BCUT2D eigenvalue weighted by atomic mass is 19.1.